The van der Waals surface area contributed by atoms with Crippen molar-refractivity contribution in [3.05, 3.63) is 113 Å². The lowest BCUT2D eigenvalue weighted by molar-refractivity contribution is -0.112. The van der Waals surface area contributed by atoms with Crippen molar-refractivity contribution in [1.29, 1.82) is 5.26 Å². The van der Waals surface area contributed by atoms with Crippen LogP contribution >= 0.6 is 11.6 Å². The number of hydrogen-bond donors (Lipinski definition) is 2. The van der Waals surface area contributed by atoms with Crippen molar-refractivity contribution in [2.75, 3.05) is 10.6 Å². The van der Waals surface area contributed by atoms with Gasteiger partial charge in [0.05, 0.1) is 10.6 Å². The summed E-state index contributed by atoms with van der Waals surface area (Å²) < 4.78 is 0. The van der Waals surface area contributed by atoms with Gasteiger partial charge in [0.15, 0.2) is 0 Å². The molecule has 0 saturated carbocycles. The van der Waals surface area contributed by atoms with Gasteiger partial charge in [-0.3, -0.25) is 9.59 Å². The fraction of sp³-hybridized carbons (Fsp3) is 0. The lowest BCUT2D eigenvalue weighted by atomic mass is 10.1. The third-order valence-electron chi connectivity index (χ3n) is 4.98. The first-order valence-corrected chi connectivity index (χ1v) is 10.5. The van der Waals surface area contributed by atoms with Crippen molar-refractivity contribution < 1.29 is 9.59 Å². The van der Waals surface area contributed by atoms with E-state index >= 15 is 0 Å². The van der Waals surface area contributed by atoms with Crippen LogP contribution in [0.3, 0.4) is 0 Å². The highest BCUT2D eigenvalue weighted by Crippen LogP contribution is 2.24. The smallest absolute Gasteiger partial charge is 0.266 e. The highest BCUT2D eigenvalue weighted by molar-refractivity contribution is 6.34. The molecule has 2 N–H and O–H groups in total. The molecule has 0 radical (unpaired) electrons. The molecule has 0 atom stereocenters. The van der Waals surface area contributed by atoms with Gasteiger partial charge in [0.2, 0.25) is 0 Å². The molecule has 4 rings (SSSR count). The third-order valence-corrected chi connectivity index (χ3v) is 5.31. The highest BCUT2D eigenvalue weighted by atomic mass is 35.5. The molecule has 0 aliphatic heterocycles. The van der Waals surface area contributed by atoms with Crippen LogP contribution in [0, 0.1) is 11.3 Å². The summed E-state index contributed by atoms with van der Waals surface area (Å²) in [6.07, 6.45) is 1.48. The van der Waals surface area contributed by atoms with Gasteiger partial charge in [-0.25, -0.2) is 0 Å². The number of carbonyl (C=O) groups is 2. The topological polar surface area (TPSA) is 82.0 Å². The Balaban J connectivity index is 1.54. The van der Waals surface area contributed by atoms with E-state index in [-0.39, 0.29) is 11.5 Å². The van der Waals surface area contributed by atoms with E-state index in [4.69, 9.17) is 11.6 Å². The molecule has 0 heterocycles. The van der Waals surface area contributed by atoms with Crippen LogP contribution in [-0.4, -0.2) is 11.8 Å². The summed E-state index contributed by atoms with van der Waals surface area (Å²) >= 11 is 6.09. The number of nitrogens with zero attached hydrogens (tertiary/aromatic N) is 1. The van der Waals surface area contributed by atoms with Gasteiger partial charge < -0.3 is 10.6 Å². The molecule has 4 aromatic carbocycles. The van der Waals surface area contributed by atoms with E-state index in [0.29, 0.717) is 27.5 Å². The van der Waals surface area contributed by atoms with Crippen molar-refractivity contribution in [3.63, 3.8) is 0 Å². The predicted molar refractivity (Wildman–Crippen MR) is 132 cm³/mol. The normalized spacial score (nSPS) is 11.0. The Labute approximate surface area is 195 Å². The van der Waals surface area contributed by atoms with Gasteiger partial charge in [0.25, 0.3) is 11.8 Å². The Morgan fingerprint density at radius 2 is 1.58 bits per heavy atom. The minimum atomic E-state index is -0.514. The van der Waals surface area contributed by atoms with Crippen molar-refractivity contribution in [1.82, 2.24) is 0 Å². The molecule has 2 amide bonds. The van der Waals surface area contributed by atoms with Crippen LogP contribution in [0.5, 0.6) is 0 Å². The highest BCUT2D eigenvalue weighted by Gasteiger charge is 2.13. The predicted octanol–water partition coefficient (Wildman–Crippen LogP) is 6.29. The van der Waals surface area contributed by atoms with Crippen molar-refractivity contribution in [3.8, 4) is 6.07 Å². The Morgan fingerprint density at radius 1 is 0.848 bits per heavy atom. The van der Waals surface area contributed by atoms with Gasteiger partial charge in [-0.15, -0.1) is 0 Å². The van der Waals surface area contributed by atoms with Crippen LogP contribution < -0.4 is 10.6 Å². The van der Waals surface area contributed by atoms with Gasteiger partial charge in [-0.05, 0) is 47.4 Å². The lowest BCUT2D eigenvalue weighted by Gasteiger charge is -2.09. The molecule has 0 bridgehead atoms. The van der Waals surface area contributed by atoms with Crippen LogP contribution in [-0.2, 0) is 4.79 Å². The Hall–Kier alpha value is -4.40. The number of halogens is 1. The minimum Gasteiger partial charge on any atom is -0.322 e. The SMILES string of the molecule is N#C/C(=C\c1cccc(NC(=O)c2ccccc2Cl)c1)C(=O)Nc1cccc2ccccc12. The third kappa shape index (κ3) is 5.09. The maximum Gasteiger partial charge on any atom is 0.266 e. The van der Waals surface area contributed by atoms with Crippen molar-refractivity contribution in [2.45, 2.75) is 0 Å². The molecule has 0 aliphatic carbocycles. The number of nitrogens with one attached hydrogen (secondary N) is 2. The van der Waals surface area contributed by atoms with Crippen LogP contribution in [0.15, 0.2) is 96.6 Å². The summed E-state index contributed by atoms with van der Waals surface area (Å²) in [4.78, 5) is 25.3. The van der Waals surface area contributed by atoms with Crippen molar-refractivity contribution >= 4 is 51.6 Å². The molecule has 0 fully saturated rings. The second kappa shape index (κ2) is 9.82. The molecular weight excluding hydrogens is 434 g/mol. The molecule has 5 nitrogen and oxygen atoms in total. The first kappa shape index (κ1) is 21.8. The van der Waals surface area contributed by atoms with Crippen LogP contribution in [0.1, 0.15) is 15.9 Å². The van der Waals surface area contributed by atoms with Gasteiger partial charge in [0.1, 0.15) is 11.6 Å². The van der Waals surface area contributed by atoms with E-state index in [1.54, 1.807) is 54.6 Å². The maximum absolute atomic E-state index is 12.8. The summed E-state index contributed by atoms with van der Waals surface area (Å²) in [6.45, 7) is 0. The zero-order valence-corrected chi connectivity index (χ0v) is 18.1. The summed E-state index contributed by atoms with van der Waals surface area (Å²) in [5.41, 5.74) is 2.03. The molecule has 33 heavy (non-hydrogen) atoms. The molecule has 0 unspecified atom stereocenters. The number of fused-ring (bicyclic) bond motifs is 1. The molecule has 0 aliphatic rings. The van der Waals surface area contributed by atoms with Crippen LogP contribution in [0.2, 0.25) is 5.02 Å². The van der Waals surface area contributed by atoms with E-state index < -0.39 is 5.91 Å². The Morgan fingerprint density at radius 3 is 2.39 bits per heavy atom. The Bertz CT molecular complexity index is 1430. The van der Waals surface area contributed by atoms with E-state index in [9.17, 15) is 14.9 Å². The second-order valence-electron chi connectivity index (χ2n) is 7.21. The summed E-state index contributed by atoms with van der Waals surface area (Å²) in [5.74, 6) is -0.865. The number of rotatable bonds is 5. The van der Waals surface area contributed by atoms with Crippen LogP contribution in [0.4, 0.5) is 11.4 Å². The monoisotopic (exact) mass is 451 g/mol. The first-order chi connectivity index (χ1) is 16.0. The standard InChI is InChI=1S/C27H18ClN3O2/c28-24-13-4-3-12-23(24)27(33)30-21-10-5-7-18(16-21)15-20(17-29)26(32)31-25-14-6-9-19-8-1-2-11-22(19)25/h1-16H,(H,30,33)(H,31,32)/b20-15+. The van der Waals surface area contributed by atoms with Crippen molar-refractivity contribution in [2.24, 2.45) is 0 Å². The van der Waals surface area contributed by atoms with Crippen LogP contribution in [0.25, 0.3) is 16.8 Å². The van der Waals surface area contributed by atoms with E-state index in [1.807, 2.05) is 42.5 Å². The molecule has 160 valence electrons. The summed E-state index contributed by atoms with van der Waals surface area (Å²) in [6, 6.07) is 28.8. The van der Waals surface area contributed by atoms with Gasteiger partial charge in [-0.1, -0.05) is 72.3 Å². The number of hydrogen-bond acceptors (Lipinski definition) is 3. The van der Waals surface area contributed by atoms with Gasteiger partial charge >= 0.3 is 0 Å². The molecule has 4 aromatic rings. The fourth-order valence-electron chi connectivity index (χ4n) is 3.39. The molecule has 0 saturated heterocycles. The Kier molecular flexibility index (Phi) is 6.49. The van der Waals surface area contributed by atoms with Gasteiger partial charge in [0, 0.05) is 16.8 Å². The fourth-order valence-corrected chi connectivity index (χ4v) is 3.61. The molecule has 0 spiro atoms. The second-order valence-corrected chi connectivity index (χ2v) is 7.62. The lowest BCUT2D eigenvalue weighted by Crippen LogP contribution is -2.14. The zero-order chi connectivity index (χ0) is 23.2. The average molecular weight is 452 g/mol. The number of benzene rings is 4. The van der Waals surface area contributed by atoms with E-state index in [0.717, 1.165) is 10.8 Å². The quantitative estimate of drug-likeness (QED) is 0.276. The first-order valence-electron chi connectivity index (χ1n) is 10.1. The number of carbonyl (C=O) groups excluding carboxylic acids is 2. The number of nitriles is 1. The number of anilines is 2. The average Bonchev–Trinajstić information content (AvgIpc) is 2.83. The molecular formula is C27H18ClN3O2. The maximum atomic E-state index is 12.8. The number of amides is 2. The summed E-state index contributed by atoms with van der Waals surface area (Å²) in [7, 11) is 0. The summed E-state index contributed by atoms with van der Waals surface area (Å²) in [5, 5.41) is 17.4. The largest absolute Gasteiger partial charge is 0.322 e. The minimum absolute atomic E-state index is 0.0579. The van der Waals surface area contributed by atoms with Gasteiger partial charge in [-0.2, -0.15) is 5.26 Å². The van der Waals surface area contributed by atoms with E-state index in [2.05, 4.69) is 10.6 Å². The molecule has 0 aromatic heterocycles. The molecule has 6 heteroatoms. The zero-order valence-electron chi connectivity index (χ0n) is 17.4. The van der Waals surface area contributed by atoms with E-state index in [1.165, 1.54) is 6.08 Å².